The highest BCUT2D eigenvalue weighted by Gasteiger charge is 2.47. The maximum absolute atomic E-state index is 13.1. The molecule has 4 aliphatic rings. The van der Waals surface area contributed by atoms with Gasteiger partial charge in [0.1, 0.15) is 55.4 Å². The molecule has 342 valence electrons. The largest absolute Gasteiger partial charge is 1.00 e. The number of aliphatic hydroxyl groups is 6. The molecule has 0 aromatic heterocycles. The van der Waals surface area contributed by atoms with E-state index >= 15 is 0 Å². The van der Waals surface area contributed by atoms with Crippen LogP contribution in [0.2, 0.25) is 0 Å². The lowest BCUT2D eigenvalue weighted by Gasteiger charge is -2.39. The molecular formula is C46H64IN3O12. The van der Waals surface area contributed by atoms with E-state index in [9.17, 15) is 40.2 Å². The zero-order valence-electron chi connectivity index (χ0n) is 36.7. The Bertz CT molecular complexity index is 2030. The number of carbonyl (C=O) groups is 2. The fraction of sp³-hybridized carbons (Fsp3) is 0.587. The first-order valence-corrected chi connectivity index (χ1v) is 21.2. The van der Waals surface area contributed by atoms with Gasteiger partial charge in [0.15, 0.2) is 18.3 Å². The summed E-state index contributed by atoms with van der Waals surface area (Å²) >= 11 is 0. The van der Waals surface area contributed by atoms with E-state index < -0.39 is 61.4 Å². The van der Waals surface area contributed by atoms with Crippen LogP contribution in [0.25, 0.3) is 0 Å². The summed E-state index contributed by atoms with van der Waals surface area (Å²) in [5.74, 6) is -0.352. The lowest BCUT2D eigenvalue weighted by Crippen LogP contribution is -3.00. The van der Waals surface area contributed by atoms with Crippen molar-refractivity contribution in [3.05, 3.63) is 88.0 Å². The third kappa shape index (κ3) is 9.76. The number of methoxy groups -OCH3 is 2. The number of benzene rings is 2. The molecule has 0 radical (unpaired) electrons. The number of allylic oxidation sites excluding steroid dienone is 4. The summed E-state index contributed by atoms with van der Waals surface area (Å²) in [5.41, 5.74) is 7.98. The number of hydrogen-bond donors (Lipinski definition) is 8. The van der Waals surface area contributed by atoms with Crippen LogP contribution in [0.1, 0.15) is 81.7 Å². The predicted octanol–water partition coefficient (Wildman–Crippen LogP) is -1.72. The van der Waals surface area contributed by atoms with Gasteiger partial charge in [0.2, 0.25) is 17.5 Å². The number of nitrogens with zero attached hydrogens (tertiary/aromatic N) is 1. The van der Waals surface area contributed by atoms with Gasteiger partial charge in [-0.25, -0.2) is 0 Å². The van der Waals surface area contributed by atoms with Gasteiger partial charge in [0, 0.05) is 56.3 Å². The normalized spacial score (nSPS) is 31.8. The van der Waals surface area contributed by atoms with Gasteiger partial charge in [0.05, 0.1) is 18.3 Å². The second-order valence-corrected chi connectivity index (χ2v) is 17.6. The van der Waals surface area contributed by atoms with Crippen molar-refractivity contribution in [3.63, 3.8) is 0 Å². The highest BCUT2D eigenvalue weighted by Crippen LogP contribution is 2.52. The monoisotopic (exact) mass is 977 g/mol. The van der Waals surface area contributed by atoms with Gasteiger partial charge >= 0.3 is 0 Å². The SMILES string of the molecule is CCC1C(=CC=CC2=[N+](CC)c3ccc(CC(=O)NCC4OC(OC)C(O)C(O)C4O)cc3C2(C)C)C(C)(C)c2cc(CC(=O)NCC3OC(OC)C(O)C(O)C3O)ccc21.[I-]. The zero-order valence-corrected chi connectivity index (χ0v) is 38.9. The second-order valence-electron chi connectivity index (χ2n) is 17.6. The van der Waals surface area contributed by atoms with Crippen molar-refractivity contribution in [1.82, 2.24) is 10.6 Å². The molecule has 1 aliphatic carbocycles. The number of aliphatic hydroxyl groups excluding tert-OH is 6. The van der Waals surface area contributed by atoms with Crippen molar-refractivity contribution in [2.45, 2.75) is 139 Å². The summed E-state index contributed by atoms with van der Waals surface area (Å²) in [6.45, 7) is 13.7. The summed E-state index contributed by atoms with van der Waals surface area (Å²) in [5, 5.41) is 66.9. The summed E-state index contributed by atoms with van der Waals surface area (Å²) in [6, 6.07) is 12.3. The van der Waals surface area contributed by atoms with E-state index in [1.165, 1.54) is 30.9 Å². The van der Waals surface area contributed by atoms with E-state index in [2.05, 4.69) is 99.2 Å². The Balaban J connectivity index is 0.00000726. The summed E-state index contributed by atoms with van der Waals surface area (Å²) in [7, 11) is 2.65. The standard InChI is InChI=1S/C46H63N3O12.HI/c1-9-26-27-16-14-24(20-35(50)47-22-32-37(52)39(54)41(56)43(58-7)60-32)18-29(27)45(3,4)28(26)12-11-13-34-46(5,6)30-19-25(15-17-31(30)49(34)10-2)21-36(51)48-23-33-38(53)40(55)42(57)44(59-8)61-33;/h11-19,26,32-33,37-44,52-57H,9-10,20-23H2,1-8H3,(H-,47,48,50,51);1H. The Labute approximate surface area is 380 Å². The zero-order chi connectivity index (χ0) is 44.6. The van der Waals surface area contributed by atoms with E-state index in [0.29, 0.717) is 0 Å². The van der Waals surface area contributed by atoms with Crippen molar-refractivity contribution in [1.29, 1.82) is 0 Å². The lowest BCUT2D eigenvalue weighted by molar-refractivity contribution is -0.433. The second kappa shape index (κ2) is 20.4. The molecule has 2 aromatic carbocycles. The topological polar surface area (TPSA) is 220 Å². The van der Waals surface area contributed by atoms with Crippen molar-refractivity contribution < 1.29 is 87.7 Å². The molecular weight excluding hydrogens is 913 g/mol. The van der Waals surface area contributed by atoms with Gasteiger partial charge in [-0.05, 0) is 55.5 Å². The maximum atomic E-state index is 13.1. The van der Waals surface area contributed by atoms with Gasteiger partial charge < -0.3 is 84.2 Å². The summed E-state index contributed by atoms with van der Waals surface area (Å²) in [6.07, 6.45) is -5.05. The molecule has 16 heteroatoms. The molecule has 3 heterocycles. The highest BCUT2D eigenvalue weighted by molar-refractivity contribution is 6.03. The van der Waals surface area contributed by atoms with Crippen LogP contribution in [0.15, 0.2) is 60.2 Å². The van der Waals surface area contributed by atoms with Crippen LogP contribution in [0, 0.1) is 0 Å². The minimum absolute atomic E-state index is 0. The third-order valence-corrected chi connectivity index (χ3v) is 13.0. The quantitative estimate of drug-likeness (QED) is 0.0784. The van der Waals surface area contributed by atoms with Crippen LogP contribution in [0.3, 0.4) is 0 Å². The average Bonchev–Trinajstić information content (AvgIpc) is 3.58. The molecule has 15 nitrogen and oxygen atoms in total. The third-order valence-electron chi connectivity index (χ3n) is 13.0. The Morgan fingerprint density at radius 3 is 1.71 bits per heavy atom. The van der Waals surface area contributed by atoms with Crippen molar-refractivity contribution in [2.75, 3.05) is 33.9 Å². The van der Waals surface area contributed by atoms with E-state index in [1.807, 2.05) is 12.1 Å². The van der Waals surface area contributed by atoms with Crippen LogP contribution in [-0.2, 0) is 52.2 Å². The Kier molecular flexibility index (Phi) is 16.4. The number of nitrogens with one attached hydrogen (secondary N) is 2. The number of hydrogen-bond acceptors (Lipinski definition) is 12. The Morgan fingerprint density at radius 2 is 1.23 bits per heavy atom. The number of ether oxygens (including phenoxy) is 4. The fourth-order valence-corrected chi connectivity index (χ4v) is 9.48. The first-order valence-electron chi connectivity index (χ1n) is 21.2. The molecule has 8 N–H and O–H groups in total. The van der Waals surface area contributed by atoms with Crippen molar-refractivity contribution >= 4 is 23.2 Å². The van der Waals surface area contributed by atoms with Gasteiger partial charge in [-0.3, -0.25) is 9.59 Å². The fourth-order valence-electron chi connectivity index (χ4n) is 9.48. The molecule has 62 heavy (non-hydrogen) atoms. The summed E-state index contributed by atoms with van der Waals surface area (Å²) < 4.78 is 23.6. The molecule has 11 unspecified atom stereocenters. The molecule has 11 atom stereocenters. The lowest BCUT2D eigenvalue weighted by atomic mass is 9.79. The Hall–Kier alpha value is -3.14. The minimum Gasteiger partial charge on any atom is -1.00 e. The first-order chi connectivity index (χ1) is 28.9. The Morgan fingerprint density at radius 1 is 0.726 bits per heavy atom. The number of fused-ring (bicyclic) bond motifs is 2. The van der Waals surface area contributed by atoms with Gasteiger partial charge in [-0.15, -0.1) is 0 Å². The van der Waals surface area contributed by atoms with Crippen LogP contribution >= 0.6 is 0 Å². The van der Waals surface area contributed by atoms with Crippen molar-refractivity contribution in [3.8, 4) is 0 Å². The first kappa shape index (κ1) is 49.9. The van der Waals surface area contributed by atoms with E-state index in [0.717, 1.165) is 41.1 Å². The molecule has 0 saturated carbocycles. The molecule has 2 aromatic rings. The number of amides is 2. The molecule has 3 aliphatic heterocycles. The molecule has 2 fully saturated rings. The predicted molar refractivity (Wildman–Crippen MR) is 225 cm³/mol. The van der Waals surface area contributed by atoms with Gasteiger partial charge in [-0.2, -0.15) is 4.58 Å². The van der Waals surface area contributed by atoms with Crippen LogP contribution < -0.4 is 34.6 Å². The van der Waals surface area contributed by atoms with E-state index in [4.69, 9.17) is 18.9 Å². The van der Waals surface area contributed by atoms with E-state index in [1.54, 1.807) is 0 Å². The average molecular weight is 978 g/mol. The van der Waals surface area contributed by atoms with Gasteiger partial charge in [-0.1, -0.05) is 62.8 Å². The molecule has 2 saturated heterocycles. The number of rotatable bonds is 14. The van der Waals surface area contributed by atoms with E-state index in [-0.39, 0.29) is 78.5 Å². The van der Waals surface area contributed by atoms with Crippen LogP contribution in [-0.4, -0.2) is 148 Å². The minimum atomic E-state index is -1.47. The highest BCUT2D eigenvalue weighted by atomic mass is 127. The van der Waals surface area contributed by atoms with Crippen LogP contribution in [0.5, 0.6) is 0 Å². The van der Waals surface area contributed by atoms with Gasteiger partial charge in [0.25, 0.3) is 0 Å². The smallest absolute Gasteiger partial charge is 0.224 e. The molecule has 0 spiro atoms. The van der Waals surface area contributed by atoms with Crippen LogP contribution in [0.4, 0.5) is 5.69 Å². The maximum Gasteiger partial charge on any atom is 0.224 e. The van der Waals surface area contributed by atoms with Crippen molar-refractivity contribution in [2.24, 2.45) is 0 Å². The molecule has 2 amide bonds. The number of carbonyl (C=O) groups excluding carboxylic acids is 2. The molecule has 6 rings (SSSR count). The summed E-state index contributed by atoms with van der Waals surface area (Å²) in [4.78, 5) is 26.2. The molecule has 0 bridgehead atoms. The number of halogens is 1.